The van der Waals surface area contributed by atoms with Gasteiger partial charge < -0.3 is 19.9 Å². The Labute approximate surface area is 207 Å². The Hall–Kier alpha value is -3.22. The van der Waals surface area contributed by atoms with Crippen LogP contribution in [0.15, 0.2) is 29.2 Å². The van der Waals surface area contributed by atoms with Crippen molar-refractivity contribution in [2.45, 2.75) is 51.6 Å². The smallest absolute Gasteiger partial charge is 0.332 e. The van der Waals surface area contributed by atoms with Gasteiger partial charge in [0.25, 0.3) is 0 Å². The van der Waals surface area contributed by atoms with E-state index in [1.54, 1.807) is 18.2 Å². The molecule has 4 rings (SSSR count). The zero-order valence-corrected chi connectivity index (χ0v) is 20.0. The minimum atomic E-state index is -2.07. The first-order valence-corrected chi connectivity index (χ1v) is 11.2. The van der Waals surface area contributed by atoms with Gasteiger partial charge in [-0.15, -0.1) is 0 Å². The number of hydrogen-bond donors (Lipinski definition) is 1. The molecule has 0 saturated carbocycles. The molecular formula is C21H20Cl2FN5O6. The molecule has 0 bridgehead atoms. The number of benzene rings is 1. The van der Waals surface area contributed by atoms with Gasteiger partial charge in [0.2, 0.25) is 18.4 Å². The number of alkyl halides is 1. The van der Waals surface area contributed by atoms with E-state index < -0.39 is 42.4 Å². The third-order valence-corrected chi connectivity index (χ3v) is 6.01. The number of halogens is 3. The van der Waals surface area contributed by atoms with E-state index in [1.165, 1.54) is 17.7 Å². The number of nitrogens with two attached hydrogens (primary N) is 1. The van der Waals surface area contributed by atoms with Crippen molar-refractivity contribution in [3.8, 4) is 0 Å². The molecule has 2 aromatic heterocycles. The van der Waals surface area contributed by atoms with E-state index in [0.717, 1.165) is 11.5 Å². The van der Waals surface area contributed by atoms with Crippen LogP contribution in [0.1, 0.15) is 32.1 Å². The first-order valence-electron chi connectivity index (χ1n) is 10.4. The molecule has 3 aromatic rings. The summed E-state index contributed by atoms with van der Waals surface area (Å²) in [6.07, 6.45) is -5.62. The summed E-state index contributed by atoms with van der Waals surface area (Å²) in [6.45, 7) is 2.61. The van der Waals surface area contributed by atoms with E-state index in [2.05, 4.69) is 9.97 Å². The van der Waals surface area contributed by atoms with Gasteiger partial charge in [0, 0.05) is 13.3 Å². The maximum absolute atomic E-state index is 15.2. The molecule has 0 radical (unpaired) electrons. The Morgan fingerprint density at radius 1 is 1.26 bits per heavy atom. The SMILES string of the molecule is CCC(=O)O[C@H]1O[C@@H](n2c(=O)n(Cc3ccc(Cl)c(Cl)c3)c3cnc(N)nc32)[C@H](OC(C)=O)[C@H]1F. The van der Waals surface area contributed by atoms with Crippen molar-refractivity contribution in [1.29, 1.82) is 0 Å². The first kappa shape index (κ1) is 24.9. The van der Waals surface area contributed by atoms with Crippen LogP contribution in [0.4, 0.5) is 10.3 Å². The number of esters is 2. The lowest BCUT2D eigenvalue weighted by Crippen LogP contribution is -2.37. The number of nitrogens with zero attached hydrogens (tertiary/aromatic N) is 4. The van der Waals surface area contributed by atoms with Crippen LogP contribution >= 0.6 is 23.2 Å². The highest BCUT2D eigenvalue weighted by Crippen LogP contribution is 2.36. The molecule has 186 valence electrons. The zero-order valence-electron chi connectivity index (χ0n) is 18.5. The lowest BCUT2D eigenvalue weighted by Gasteiger charge is -2.19. The Balaban J connectivity index is 1.84. The van der Waals surface area contributed by atoms with Crippen molar-refractivity contribution in [3.63, 3.8) is 0 Å². The number of fused-ring (bicyclic) bond motifs is 1. The average Bonchev–Trinajstić information content (AvgIpc) is 3.23. The molecule has 0 spiro atoms. The molecule has 0 aliphatic carbocycles. The standard InChI is InChI=1S/C21H20Cl2FN5O6/c1-3-14(31)34-19-15(24)16(33-9(2)30)18(35-19)29-17-13(7-26-20(25)27-17)28(21(29)32)8-10-4-5-11(22)12(23)6-10/h4-7,15-16,18-19H,3,8H2,1-2H3,(H2,25,26,27)/t15-,16-,18-,19+/m1/s1. The Morgan fingerprint density at radius 2 is 2.00 bits per heavy atom. The number of anilines is 1. The van der Waals surface area contributed by atoms with Gasteiger partial charge in [0.05, 0.1) is 22.8 Å². The van der Waals surface area contributed by atoms with Crippen LogP contribution in [0.25, 0.3) is 11.2 Å². The third-order valence-electron chi connectivity index (χ3n) is 5.27. The van der Waals surface area contributed by atoms with Crippen LogP contribution in [0.3, 0.4) is 0 Å². The fourth-order valence-corrected chi connectivity index (χ4v) is 4.02. The molecule has 35 heavy (non-hydrogen) atoms. The minimum Gasteiger partial charge on any atom is -0.454 e. The largest absolute Gasteiger partial charge is 0.454 e. The van der Waals surface area contributed by atoms with Gasteiger partial charge in [-0.3, -0.25) is 14.2 Å². The summed E-state index contributed by atoms with van der Waals surface area (Å²) in [6, 6.07) is 4.84. The number of aromatic nitrogens is 4. The van der Waals surface area contributed by atoms with Crippen LogP contribution in [-0.4, -0.2) is 49.6 Å². The monoisotopic (exact) mass is 527 g/mol. The molecule has 1 aliphatic rings. The molecule has 0 unspecified atom stereocenters. The van der Waals surface area contributed by atoms with Crippen molar-refractivity contribution < 1.29 is 28.2 Å². The second-order valence-electron chi connectivity index (χ2n) is 7.68. The maximum Gasteiger partial charge on any atom is 0.332 e. The summed E-state index contributed by atoms with van der Waals surface area (Å²) in [5, 5.41) is 0.628. The van der Waals surface area contributed by atoms with Crippen molar-refractivity contribution in [2.75, 3.05) is 5.73 Å². The quantitative estimate of drug-likeness (QED) is 0.478. The van der Waals surface area contributed by atoms with E-state index in [9.17, 15) is 14.4 Å². The molecule has 1 saturated heterocycles. The fraction of sp³-hybridized carbons (Fsp3) is 0.381. The fourth-order valence-electron chi connectivity index (χ4n) is 3.70. The summed E-state index contributed by atoms with van der Waals surface area (Å²) in [5.41, 5.74) is 5.92. The average molecular weight is 528 g/mol. The van der Waals surface area contributed by atoms with Gasteiger partial charge >= 0.3 is 17.6 Å². The van der Waals surface area contributed by atoms with Gasteiger partial charge in [-0.25, -0.2) is 18.7 Å². The molecule has 2 N–H and O–H groups in total. The summed E-state index contributed by atoms with van der Waals surface area (Å²) >= 11 is 12.1. The van der Waals surface area contributed by atoms with Crippen molar-refractivity contribution >= 4 is 52.3 Å². The van der Waals surface area contributed by atoms with E-state index in [4.69, 9.17) is 43.1 Å². The summed E-state index contributed by atoms with van der Waals surface area (Å²) < 4.78 is 33.2. The molecule has 1 fully saturated rings. The van der Waals surface area contributed by atoms with E-state index in [0.29, 0.717) is 10.6 Å². The van der Waals surface area contributed by atoms with Crippen molar-refractivity contribution in [2.24, 2.45) is 0 Å². The highest BCUT2D eigenvalue weighted by Gasteiger charge is 2.51. The number of hydrogen-bond acceptors (Lipinski definition) is 9. The topological polar surface area (TPSA) is 141 Å². The number of imidazole rings is 1. The number of nitrogen functional groups attached to an aromatic ring is 1. The molecule has 0 amide bonds. The Bertz CT molecular complexity index is 1360. The van der Waals surface area contributed by atoms with E-state index >= 15 is 4.39 Å². The maximum atomic E-state index is 15.2. The van der Waals surface area contributed by atoms with E-state index in [-0.39, 0.29) is 35.1 Å². The van der Waals surface area contributed by atoms with Crippen LogP contribution < -0.4 is 11.4 Å². The van der Waals surface area contributed by atoms with Crippen LogP contribution in [0, 0.1) is 0 Å². The highest BCUT2D eigenvalue weighted by atomic mass is 35.5. The van der Waals surface area contributed by atoms with Crippen LogP contribution in [0.5, 0.6) is 0 Å². The molecule has 1 aliphatic heterocycles. The van der Waals surface area contributed by atoms with Crippen LogP contribution in [-0.2, 0) is 30.3 Å². The zero-order chi connectivity index (χ0) is 25.4. The second-order valence-corrected chi connectivity index (χ2v) is 8.50. The molecular weight excluding hydrogens is 508 g/mol. The second kappa shape index (κ2) is 9.80. The molecule has 3 heterocycles. The lowest BCUT2D eigenvalue weighted by atomic mass is 10.2. The van der Waals surface area contributed by atoms with Gasteiger partial charge in [-0.1, -0.05) is 36.2 Å². The number of ether oxygens (including phenoxy) is 3. The molecule has 1 aromatic carbocycles. The van der Waals surface area contributed by atoms with Crippen molar-refractivity contribution in [3.05, 3.63) is 50.5 Å². The number of rotatable bonds is 6. The molecule has 11 nitrogen and oxygen atoms in total. The number of carbonyl (C=O) groups is 2. The normalized spacial score (nSPS) is 21.9. The highest BCUT2D eigenvalue weighted by molar-refractivity contribution is 6.42. The molecule has 14 heteroatoms. The first-order chi connectivity index (χ1) is 16.6. The third kappa shape index (κ3) is 4.81. The predicted molar refractivity (Wildman–Crippen MR) is 123 cm³/mol. The predicted octanol–water partition coefficient (Wildman–Crippen LogP) is 2.61. The van der Waals surface area contributed by atoms with Gasteiger partial charge in [-0.2, -0.15) is 4.98 Å². The lowest BCUT2D eigenvalue weighted by molar-refractivity contribution is -0.188. The van der Waals surface area contributed by atoms with Gasteiger partial charge in [0.1, 0.15) is 5.52 Å². The summed E-state index contributed by atoms with van der Waals surface area (Å²) in [7, 11) is 0. The Kier molecular flexibility index (Phi) is 6.97. The van der Waals surface area contributed by atoms with Gasteiger partial charge in [0.15, 0.2) is 18.0 Å². The molecule has 4 atom stereocenters. The van der Waals surface area contributed by atoms with Gasteiger partial charge in [-0.05, 0) is 17.7 Å². The minimum absolute atomic E-state index is 0.000574. The van der Waals surface area contributed by atoms with E-state index in [1.807, 2.05) is 0 Å². The summed E-state index contributed by atoms with van der Waals surface area (Å²) in [4.78, 5) is 45.1. The van der Waals surface area contributed by atoms with Crippen LogP contribution in [0.2, 0.25) is 10.0 Å². The summed E-state index contributed by atoms with van der Waals surface area (Å²) in [5.74, 6) is -1.72. The Morgan fingerprint density at radius 3 is 2.66 bits per heavy atom. The van der Waals surface area contributed by atoms with Crippen molar-refractivity contribution in [1.82, 2.24) is 19.1 Å². The number of carbonyl (C=O) groups excluding carboxylic acids is 2.